The predicted octanol–water partition coefficient (Wildman–Crippen LogP) is 4.30. The molecule has 0 aliphatic rings. The van der Waals surface area contributed by atoms with Gasteiger partial charge in [0, 0.05) is 18.8 Å². The fourth-order valence-corrected chi connectivity index (χ4v) is 3.88. The number of benzene rings is 3. The maximum absolute atomic E-state index is 13.2. The van der Waals surface area contributed by atoms with Crippen molar-refractivity contribution in [2.75, 3.05) is 16.7 Å². The molecule has 0 aromatic heterocycles. The topological polar surface area (TPSA) is 66.5 Å². The summed E-state index contributed by atoms with van der Waals surface area (Å²) in [4.78, 5) is 12.2. The number of para-hydroxylation sites is 1. The normalized spacial score (nSPS) is 11.4. The van der Waals surface area contributed by atoms with Gasteiger partial charge in [-0.1, -0.05) is 36.4 Å². The number of amides is 1. The van der Waals surface area contributed by atoms with Crippen molar-refractivity contribution in [3.05, 3.63) is 96.3 Å². The predicted molar refractivity (Wildman–Crippen MR) is 113 cm³/mol. The van der Waals surface area contributed by atoms with E-state index in [4.69, 9.17) is 0 Å². The average molecular weight is 410 g/mol. The van der Waals surface area contributed by atoms with Crippen molar-refractivity contribution in [3.8, 4) is 0 Å². The third kappa shape index (κ3) is 5.08. The van der Waals surface area contributed by atoms with E-state index >= 15 is 0 Å². The van der Waals surface area contributed by atoms with E-state index in [1.54, 1.807) is 54.6 Å². The van der Waals surface area contributed by atoms with Gasteiger partial charge in [0.05, 0.1) is 10.6 Å². The van der Waals surface area contributed by atoms with Crippen molar-refractivity contribution in [1.29, 1.82) is 0 Å². The number of carbonyl (C=O) groups excluding carboxylic acids is 1. The molecule has 0 spiro atoms. The number of halogens is 1. The Kier molecular flexibility index (Phi) is 6.09. The SMILES string of the molecule is CN(c1ccccc1)S(=O)(=O)c1cccc(NC(=O)/C=C/c2cccc(F)c2)c1. The van der Waals surface area contributed by atoms with E-state index in [9.17, 15) is 17.6 Å². The second kappa shape index (κ2) is 8.70. The second-order valence-electron chi connectivity index (χ2n) is 6.21. The lowest BCUT2D eigenvalue weighted by Crippen LogP contribution is -2.26. The Morgan fingerprint density at radius 2 is 1.69 bits per heavy atom. The summed E-state index contributed by atoms with van der Waals surface area (Å²) in [5.41, 5.74) is 1.40. The number of carbonyl (C=O) groups is 1. The molecule has 0 heterocycles. The monoisotopic (exact) mass is 410 g/mol. The molecule has 1 amide bonds. The summed E-state index contributed by atoms with van der Waals surface area (Å²) < 4.78 is 40.1. The summed E-state index contributed by atoms with van der Waals surface area (Å²) in [6, 6.07) is 20.5. The molecule has 3 aromatic carbocycles. The summed E-state index contributed by atoms with van der Waals surface area (Å²) in [5, 5.41) is 2.62. The second-order valence-corrected chi connectivity index (χ2v) is 8.18. The third-order valence-corrected chi connectivity index (χ3v) is 5.94. The highest BCUT2D eigenvalue weighted by atomic mass is 32.2. The zero-order valence-corrected chi connectivity index (χ0v) is 16.4. The van der Waals surface area contributed by atoms with Crippen LogP contribution in [0.5, 0.6) is 0 Å². The molecule has 0 fully saturated rings. The molecule has 5 nitrogen and oxygen atoms in total. The molecule has 7 heteroatoms. The van der Waals surface area contributed by atoms with Crippen LogP contribution in [0.1, 0.15) is 5.56 Å². The summed E-state index contributed by atoms with van der Waals surface area (Å²) in [6.45, 7) is 0. The van der Waals surface area contributed by atoms with Crippen molar-refractivity contribution >= 4 is 33.4 Å². The average Bonchev–Trinajstić information content (AvgIpc) is 2.72. The number of nitrogens with one attached hydrogen (secondary N) is 1. The van der Waals surface area contributed by atoms with Gasteiger partial charge >= 0.3 is 0 Å². The molecule has 1 N–H and O–H groups in total. The quantitative estimate of drug-likeness (QED) is 0.616. The van der Waals surface area contributed by atoms with Crippen molar-refractivity contribution in [3.63, 3.8) is 0 Å². The van der Waals surface area contributed by atoms with E-state index in [2.05, 4.69) is 5.32 Å². The Balaban J connectivity index is 1.76. The molecule has 0 saturated carbocycles. The van der Waals surface area contributed by atoms with Gasteiger partial charge in [-0.05, 0) is 54.1 Å². The molecule has 0 radical (unpaired) electrons. The van der Waals surface area contributed by atoms with Gasteiger partial charge in [0.2, 0.25) is 5.91 Å². The molecule has 0 bridgehead atoms. The number of nitrogens with zero attached hydrogens (tertiary/aromatic N) is 1. The largest absolute Gasteiger partial charge is 0.322 e. The lowest BCUT2D eigenvalue weighted by Gasteiger charge is -2.19. The van der Waals surface area contributed by atoms with Gasteiger partial charge in [0.15, 0.2) is 0 Å². The molecule has 0 aliphatic heterocycles. The lowest BCUT2D eigenvalue weighted by atomic mass is 10.2. The fourth-order valence-electron chi connectivity index (χ4n) is 2.64. The molecule has 0 unspecified atom stereocenters. The highest BCUT2D eigenvalue weighted by Gasteiger charge is 2.21. The maximum Gasteiger partial charge on any atom is 0.264 e. The van der Waals surface area contributed by atoms with E-state index in [1.807, 2.05) is 0 Å². The molecule has 3 aromatic rings. The zero-order chi connectivity index (χ0) is 20.9. The van der Waals surface area contributed by atoms with Gasteiger partial charge in [-0.25, -0.2) is 12.8 Å². The highest BCUT2D eigenvalue weighted by molar-refractivity contribution is 7.92. The number of sulfonamides is 1. The van der Waals surface area contributed by atoms with Crippen LogP contribution in [0.15, 0.2) is 89.8 Å². The van der Waals surface area contributed by atoms with Gasteiger partial charge in [0.1, 0.15) is 5.82 Å². The lowest BCUT2D eigenvalue weighted by molar-refractivity contribution is -0.111. The number of anilines is 2. The van der Waals surface area contributed by atoms with Crippen LogP contribution in [0.3, 0.4) is 0 Å². The van der Waals surface area contributed by atoms with E-state index in [0.29, 0.717) is 16.9 Å². The molecule has 0 saturated heterocycles. The fraction of sp³-hybridized carbons (Fsp3) is 0.0455. The first-order valence-electron chi connectivity index (χ1n) is 8.75. The Hall–Kier alpha value is -3.45. The first-order chi connectivity index (χ1) is 13.9. The number of hydrogen-bond acceptors (Lipinski definition) is 3. The van der Waals surface area contributed by atoms with E-state index in [-0.39, 0.29) is 4.90 Å². The zero-order valence-electron chi connectivity index (χ0n) is 15.6. The minimum Gasteiger partial charge on any atom is -0.322 e. The van der Waals surface area contributed by atoms with Crippen molar-refractivity contribution in [2.45, 2.75) is 4.90 Å². The van der Waals surface area contributed by atoms with Gasteiger partial charge in [0.25, 0.3) is 10.0 Å². The molecule has 0 atom stereocenters. The van der Waals surface area contributed by atoms with Gasteiger partial charge in [-0.2, -0.15) is 0 Å². The Morgan fingerprint density at radius 3 is 2.41 bits per heavy atom. The Bertz CT molecular complexity index is 1150. The van der Waals surface area contributed by atoms with Gasteiger partial charge < -0.3 is 5.32 Å². The van der Waals surface area contributed by atoms with E-state index in [0.717, 1.165) is 0 Å². The van der Waals surface area contributed by atoms with Crippen LogP contribution < -0.4 is 9.62 Å². The van der Waals surface area contributed by atoms with Crippen LogP contribution >= 0.6 is 0 Å². The summed E-state index contributed by atoms with van der Waals surface area (Å²) in [7, 11) is -2.32. The summed E-state index contributed by atoms with van der Waals surface area (Å²) >= 11 is 0. The molecule has 0 aliphatic carbocycles. The molecule has 29 heavy (non-hydrogen) atoms. The molecule has 148 valence electrons. The van der Waals surface area contributed by atoms with E-state index in [1.165, 1.54) is 47.8 Å². The highest BCUT2D eigenvalue weighted by Crippen LogP contribution is 2.23. The molecule has 3 rings (SSSR count). The molecular formula is C22H19FN2O3S. The Morgan fingerprint density at radius 1 is 0.966 bits per heavy atom. The van der Waals surface area contributed by atoms with Crippen LogP contribution in [0.4, 0.5) is 15.8 Å². The first kappa shape index (κ1) is 20.3. The van der Waals surface area contributed by atoms with Crippen LogP contribution in [-0.4, -0.2) is 21.4 Å². The van der Waals surface area contributed by atoms with Crippen LogP contribution in [0, 0.1) is 5.82 Å². The standard InChI is InChI=1S/C22H19FN2O3S/c1-25(20-10-3-2-4-11-20)29(27,28)21-12-6-9-19(16-21)24-22(26)14-13-17-7-5-8-18(23)15-17/h2-16H,1H3,(H,24,26)/b14-13+. The number of hydrogen-bond donors (Lipinski definition) is 1. The minimum absolute atomic E-state index is 0.0516. The van der Waals surface area contributed by atoms with Crippen molar-refractivity contribution in [1.82, 2.24) is 0 Å². The van der Waals surface area contributed by atoms with Crippen molar-refractivity contribution in [2.24, 2.45) is 0 Å². The number of rotatable bonds is 6. The minimum atomic E-state index is -3.79. The summed E-state index contributed by atoms with van der Waals surface area (Å²) in [5.74, 6) is -0.853. The van der Waals surface area contributed by atoms with Gasteiger partial charge in [-0.15, -0.1) is 0 Å². The van der Waals surface area contributed by atoms with E-state index < -0.39 is 21.7 Å². The van der Waals surface area contributed by atoms with Gasteiger partial charge in [-0.3, -0.25) is 9.10 Å². The van der Waals surface area contributed by atoms with Crippen LogP contribution in [0.2, 0.25) is 0 Å². The molecular weight excluding hydrogens is 391 g/mol. The first-order valence-corrected chi connectivity index (χ1v) is 10.2. The Labute approximate surface area is 169 Å². The smallest absolute Gasteiger partial charge is 0.264 e. The van der Waals surface area contributed by atoms with Crippen LogP contribution in [0.25, 0.3) is 6.08 Å². The third-order valence-electron chi connectivity index (χ3n) is 4.16. The van der Waals surface area contributed by atoms with Crippen molar-refractivity contribution < 1.29 is 17.6 Å². The maximum atomic E-state index is 13.2. The van der Waals surface area contributed by atoms with Crippen LogP contribution in [-0.2, 0) is 14.8 Å². The summed E-state index contributed by atoms with van der Waals surface area (Å²) in [6.07, 6.45) is 2.73.